The molecule has 200 valence electrons. The summed E-state index contributed by atoms with van der Waals surface area (Å²) in [6.07, 6.45) is 7.28. The van der Waals surface area contributed by atoms with Gasteiger partial charge in [0, 0.05) is 56.2 Å². The minimum Gasteiger partial charge on any atom is -0.394 e. The Bertz CT molecular complexity index is 1080. The van der Waals surface area contributed by atoms with Crippen molar-refractivity contribution < 1.29 is 14.3 Å². The van der Waals surface area contributed by atoms with Gasteiger partial charge in [0.25, 0.3) is 5.91 Å². The van der Waals surface area contributed by atoms with Crippen molar-refractivity contribution in [1.82, 2.24) is 9.80 Å². The van der Waals surface area contributed by atoms with E-state index in [1.54, 1.807) is 4.90 Å². The first-order chi connectivity index (χ1) is 17.9. The van der Waals surface area contributed by atoms with Gasteiger partial charge in [-0.05, 0) is 76.0 Å². The molecule has 2 atom stereocenters. The molecular weight excluding hydrogens is 466 g/mol. The Morgan fingerprint density at radius 1 is 0.946 bits per heavy atom. The molecule has 2 aliphatic carbocycles. The van der Waals surface area contributed by atoms with Gasteiger partial charge >= 0.3 is 0 Å². The van der Waals surface area contributed by atoms with E-state index < -0.39 is 0 Å². The number of benzene rings is 1. The topological polar surface area (TPSA) is 91.5 Å². The number of hydrogen-bond acceptors (Lipinski definition) is 6. The van der Waals surface area contributed by atoms with Crippen molar-refractivity contribution >= 4 is 23.2 Å². The van der Waals surface area contributed by atoms with E-state index in [0.717, 1.165) is 50.1 Å². The van der Waals surface area contributed by atoms with Gasteiger partial charge in [-0.25, -0.2) is 0 Å². The molecule has 37 heavy (non-hydrogen) atoms. The van der Waals surface area contributed by atoms with Crippen LogP contribution in [-0.2, 0) is 27.2 Å². The van der Waals surface area contributed by atoms with Crippen molar-refractivity contribution in [1.29, 1.82) is 0 Å². The molecule has 1 saturated carbocycles. The van der Waals surface area contributed by atoms with Gasteiger partial charge < -0.3 is 25.2 Å². The number of nitrogens with two attached hydrogens (primary N) is 1. The first-order valence-electron chi connectivity index (χ1n) is 14.0. The lowest BCUT2D eigenvalue weighted by Gasteiger charge is -2.37. The number of rotatable bonds is 4. The number of morpholine rings is 1. The van der Waals surface area contributed by atoms with Gasteiger partial charge in [0.1, 0.15) is 12.2 Å². The number of aliphatic imine (C=N–C) groups is 1. The number of aryl methyl sites for hydroxylation is 1. The first-order valence-corrected chi connectivity index (χ1v) is 14.0. The van der Waals surface area contributed by atoms with Crippen molar-refractivity contribution in [3.8, 4) is 0 Å². The SMILES string of the molecule is C[C@@H]1CN(C(=O)C(N)=C2CCCC2=NCC(=O)N2CCN(c3cccc4c3CCCC4)CC2)C[C@H](C)O1. The molecule has 0 radical (unpaired) electrons. The van der Waals surface area contributed by atoms with Crippen LogP contribution in [-0.4, -0.2) is 85.3 Å². The third-order valence-electron chi connectivity index (χ3n) is 8.20. The van der Waals surface area contributed by atoms with Gasteiger partial charge in [0.2, 0.25) is 5.91 Å². The summed E-state index contributed by atoms with van der Waals surface area (Å²) in [5.74, 6) is -0.0913. The molecule has 2 saturated heterocycles. The average Bonchev–Trinajstić information content (AvgIpc) is 3.39. The lowest BCUT2D eigenvalue weighted by Crippen LogP contribution is -2.50. The van der Waals surface area contributed by atoms with Gasteiger partial charge in [0.05, 0.1) is 12.2 Å². The molecule has 3 fully saturated rings. The van der Waals surface area contributed by atoms with E-state index in [4.69, 9.17) is 10.5 Å². The van der Waals surface area contributed by atoms with Crippen molar-refractivity contribution in [2.24, 2.45) is 10.7 Å². The summed E-state index contributed by atoms with van der Waals surface area (Å²) in [4.78, 5) is 36.9. The Morgan fingerprint density at radius 2 is 1.68 bits per heavy atom. The zero-order valence-electron chi connectivity index (χ0n) is 22.4. The van der Waals surface area contributed by atoms with Crippen molar-refractivity contribution in [2.45, 2.75) is 71.0 Å². The van der Waals surface area contributed by atoms with Crippen molar-refractivity contribution in [3.63, 3.8) is 0 Å². The summed E-state index contributed by atoms with van der Waals surface area (Å²) in [5, 5.41) is 0. The number of nitrogens with zero attached hydrogens (tertiary/aromatic N) is 4. The molecule has 1 aromatic rings. The maximum absolute atomic E-state index is 13.1. The number of anilines is 1. The van der Waals surface area contributed by atoms with Gasteiger partial charge in [0.15, 0.2) is 0 Å². The van der Waals surface area contributed by atoms with Crippen LogP contribution in [0.5, 0.6) is 0 Å². The van der Waals surface area contributed by atoms with Crippen LogP contribution in [0.15, 0.2) is 34.5 Å². The van der Waals surface area contributed by atoms with Gasteiger partial charge in [-0.15, -0.1) is 0 Å². The fourth-order valence-electron chi connectivity index (χ4n) is 6.35. The first kappa shape index (κ1) is 25.8. The van der Waals surface area contributed by atoms with Crippen LogP contribution in [0.3, 0.4) is 0 Å². The predicted molar refractivity (Wildman–Crippen MR) is 146 cm³/mol. The Hall–Kier alpha value is -2.87. The second-order valence-corrected chi connectivity index (χ2v) is 11.0. The standard InChI is InChI=1S/C29H41N5O3/c1-20-18-34(19-21(2)37-20)29(36)28(30)24-10-6-11-25(24)31-17-27(35)33-15-13-32(14-16-33)26-12-5-8-22-7-3-4-9-23(22)26/h5,8,12,20-21H,3-4,6-7,9-11,13-19,30H2,1-2H3/t20-,21+. The second-order valence-electron chi connectivity index (χ2n) is 11.0. The lowest BCUT2D eigenvalue weighted by molar-refractivity contribution is -0.139. The molecule has 8 heteroatoms. The molecule has 0 bridgehead atoms. The molecule has 2 amide bonds. The van der Waals surface area contributed by atoms with E-state index in [1.165, 1.54) is 36.1 Å². The van der Waals surface area contributed by atoms with Crippen LogP contribution in [0, 0.1) is 0 Å². The largest absolute Gasteiger partial charge is 0.394 e. The number of ether oxygens (including phenoxy) is 1. The van der Waals surface area contributed by atoms with E-state index in [2.05, 4.69) is 28.1 Å². The molecule has 2 N–H and O–H groups in total. The van der Waals surface area contributed by atoms with Crippen molar-refractivity contribution in [2.75, 3.05) is 50.7 Å². The maximum Gasteiger partial charge on any atom is 0.270 e. The van der Waals surface area contributed by atoms with Gasteiger partial charge in [-0.2, -0.15) is 0 Å². The third kappa shape index (κ3) is 5.69. The average molecular weight is 508 g/mol. The quantitative estimate of drug-likeness (QED) is 0.633. The summed E-state index contributed by atoms with van der Waals surface area (Å²) in [6, 6.07) is 6.69. The monoisotopic (exact) mass is 507 g/mol. The number of fused-ring (bicyclic) bond motifs is 1. The van der Waals surface area contributed by atoms with Crippen LogP contribution in [0.2, 0.25) is 0 Å². The number of allylic oxidation sites excluding steroid dienone is 1. The molecule has 8 nitrogen and oxygen atoms in total. The van der Waals surface area contributed by atoms with Crippen LogP contribution >= 0.6 is 0 Å². The van der Waals surface area contributed by atoms with Crippen LogP contribution in [0.1, 0.15) is 57.1 Å². The summed E-state index contributed by atoms with van der Waals surface area (Å²) >= 11 is 0. The molecule has 0 spiro atoms. The smallest absolute Gasteiger partial charge is 0.270 e. The highest BCUT2D eigenvalue weighted by Gasteiger charge is 2.30. The summed E-state index contributed by atoms with van der Waals surface area (Å²) < 4.78 is 5.75. The van der Waals surface area contributed by atoms with E-state index in [-0.39, 0.29) is 36.3 Å². The number of amides is 2. The summed E-state index contributed by atoms with van der Waals surface area (Å²) in [6.45, 7) is 8.27. The highest BCUT2D eigenvalue weighted by atomic mass is 16.5. The number of hydrogen-bond donors (Lipinski definition) is 1. The zero-order valence-corrected chi connectivity index (χ0v) is 22.4. The maximum atomic E-state index is 13.1. The number of piperazine rings is 1. The van der Waals surface area contributed by atoms with E-state index in [9.17, 15) is 9.59 Å². The van der Waals surface area contributed by atoms with Gasteiger partial charge in [-0.1, -0.05) is 12.1 Å². The van der Waals surface area contributed by atoms with Crippen LogP contribution in [0.4, 0.5) is 5.69 Å². The second kappa shape index (κ2) is 11.3. The minimum absolute atomic E-state index is 0.00684. The molecule has 0 unspecified atom stereocenters. The fraction of sp³-hybridized carbons (Fsp3) is 0.621. The number of carbonyl (C=O) groups excluding carboxylic acids is 2. The van der Waals surface area contributed by atoms with E-state index in [1.807, 2.05) is 18.7 Å². The molecular formula is C29H41N5O3. The van der Waals surface area contributed by atoms with Crippen LogP contribution in [0.25, 0.3) is 0 Å². The molecule has 4 aliphatic rings. The Morgan fingerprint density at radius 3 is 2.43 bits per heavy atom. The van der Waals surface area contributed by atoms with Gasteiger partial charge in [-0.3, -0.25) is 14.6 Å². The van der Waals surface area contributed by atoms with Crippen molar-refractivity contribution in [3.05, 3.63) is 40.6 Å². The Kier molecular flexibility index (Phi) is 7.84. The molecule has 2 aliphatic heterocycles. The van der Waals surface area contributed by atoms with E-state index in [0.29, 0.717) is 26.2 Å². The zero-order chi connectivity index (χ0) is 25.9. The predicted octanol–water partition coefficient (Wildman–Crippen LogP) is 2.69. The molecule has 0 aromatic heterocycles. The highest BCUT2D eigenvalue weighted by molar-refractivity contribution is 6.09. The normalized spacial score (nSPS) is 26.9. The molecule has 5 rings (SSSR count). The Labute approximate surface area is 220 Å². The fourth-order valence-corrected chi connectivity index (χ4v) is 6.35. The third-order valence-corrected chi connectivity index (χ3v) is 8.20. The molecule has 2 heterocycles. The lowest BCUT2D eigenvalue weighted by atomic mass is 9.90. The highest BCUT2D eigenvalue weighted by Crippen LogP contribution is 2.31. The minimum atomic E-state index is -0.142. The Balaban J connectivity index is 1.19. The molecule has 1 aromatic carbocycles. The number of carbonyl (C=O) groups is 2. The van der Waals surface area contributed by atoms with Crippen LogP contribution < -0.4 is 10.6 Å². The van der Waals surface area contributed by atoms with E-state index >= 15 is 0 Å². The summed E-state index contributed by atoms with van der Waals surface area (Å²) in [7, 11) is 0. The summed E-state index contributed by atoms with van der Waals surface area (Å²) in [5.41, 5.74) is 12.7.